The van der Waals surface area contributed by atoms with E-state index in [9.17, 15) is 9.59 Å². The first kappa shape index (κ1) is 37.6. The molecule has 0 aliphatic heterocycles. The van der Waals surface area contributed by atoms with E-state index in [0.717, 1.165) is 25.0 Å². The van der Waals surface area contributed by atoms with E-state index in [1.54, 1.807) is 43.9 Å². The van der Waals surface area contributed by atoms with Gasteiger partial charge in [0.15, 0.2) is 5.60 Å². The summed E-state index contributed by atoms with van der Waals surface area (Å²) in [4.78, 5) is 27.9. The van der Waals surface area contributed by atoms with Crippen LogP contribution in [0.3, 0.4) is 0 Å². The summed E-state index contributed by atoms with van der Waals surface area (Å²) >= 11 is 0. The van der Waals surface area contributed by atoms with Gasteiger partial charge in [-0.1, -0.05) is 0 Å². The minimum atomic E-state index is -1.30. The molecular formula is C33H49ClN2O7. The highest BCUT2D eigenvalue weighted by Crippen LogP contribution is 2.31. The van der Waals surface area contributed by atoms with Gasteiger partial charge in [0.2, 0.25) is 5.90 Å². The van der Waals surface area contributed by atoms with Crippen LogP contribution < -0.4 is 14.2 Å². The molecule has 0 saturated carbocycles. The summed E-state index contributed by atoms with van der Waals surface area (Å²) in [5.41, 5.74) is -0.217. The molecule has 0 radical (unpaired) electrons. The van der Waals surface area contributed by atoms with Gasteiger partial charge in [-0.15, -0.1) is 12.4 Å². The van der Waals surface area contributed by atoms with E-state index < -0.39 is 11.6 Å². The average Bonchev–Trinajstić information content (AvgIpc) is 2.92. The number of nitrogens with one attached hydrogen (secondary N) is 1. The lowest BCUT2D eigenvalue weighted by molar-refractivity contribution is -0.158. The van der Waals surface area contributed by atoms with Gasteiger partial charge in [0, 0.05) is 23.7 Å². The van der Waals surface area contributed by atoms with Crippen LogP contribution in [0.4, 0.5) is 0 Å². The zero-order chi connectivity index (χ0) is 31.3. The third-order valence-electron chi connectivity index (χ3n) is 6.39. The molecule has 0 heterocycles. The van der Waals surface area contributed by atoms with Crippen LogP contribution in [-0.4, -0.2) is 66.8 Å². The van der Waals surface area contributed by atoms with E-state index in [0.29, 0.717) is 36.7 Å². The fourth-order valence-electron chi connectivity index (χ4n) is 4.37. The number of rotatable bonds is 17. The van der Waals surface area contributed by atoms with Crippen molar-refractivity contribution in [3.8, 4) is 17.2 Å². The van der Waals surface area contributed by atoms with E-state index in [1.165, 1.54) is 0 Å². The normalized spacial score (nSPS) is 11.0. The molecule has 10 heteroatoms. The number of hydrogen-bond donors (Lipinski definition) is 1. The summed E-state index contributed by atoms with van der Waals surface area (Å²) in [6.45, 7) is 16.4. The predicted molar refractivity (Wildman–Crippen MR) is 171 cm³/mol. The van der Waals surface area contributed by atoms with Gasteiger partial charge < -0.3 is 28.6 Å². The number of carbonyl (C=O) groups is 2. The highest BCUT2D eigenvalue weighted by Gasteiger charge is 2.34. The number of nitrogens with zero attached hydrogens (tertiary/aromatic N) is 1. The molecular weight excluding hydrogens is 572 g/mol. The molecule has 1 amide bonds. The van der Waals surface area contributed by atoms with Gasteiger partial charge in [0.25, 0.3) is 5.91 Å². The van der Waals surface area contributed by atoms with Crippen LogP contribution in [0.15, 0.2) is 42.5 Å². The van der Waals surface area contributed by atoms with Gasteiger partial charge in [0.05, 0.1) is 32.0 Å². The van der Waals surface area contributed by atoms with Crippen molar-refractivity contribution in [2.24, 2.45) is 0 Å². The molecule has 0 aliphatic carbocycles. The molecule has 0 aromatic heterocycles. The van der Waals surface area contributed by atoms with Gasteiger partial charge in [-0.2, -0.15) is 0 Å². The number of unbranched alkanes of at least 4 members (excludes halogenated alkanes) is 2. The molecule has 43 heavy (non-hydrogen) atoms. The van der Waals surface area contributed by atoms with Gasteiger partial charge in [0.1, 0.15) is 17.2 Å². The van der Waals surface area contributed by atoms with Crippen LogP contribution in [0.1, 0.15) is 90.6 Å². The monoisotopic (exact) mass is 620 g/mol. The van der Waals surface area contributed by atoms with E-state index in [2.05, 4.69) is 0 Å². The lowest BCUT2D eigenvalue weighted by Gasteiger charge is -2.32. The van der Waals surface area contributed by atoms with Gasteiger partial charge in [-0.3, -0.25) is 10.2 Å². The Bertz CT molecular complexity index is 1160. The molecule has 0 fully saturated rings. The van der Waals surface area contributed by atoms with Crippen molar-refractivity contribution in [1.82, 2.24) is 4.90 Å². The molecule has 240 valence electrons. The van der Waals surface area contributed by atoms with Crippen molar-refractivity contribution in [2.45, 2.75) is 92.3 Å². The number of benzene rings is 2. The van der Waals surface area contributed by atoms with Crippen molar-refractivity contribution in [2.75, 3.05) is 26.4 Å². The summed E-state index contributed by atoms with van der Waals surface area (Å²) in [7, 11) is 0. The quantitative estimate of drug-likeness (QED) is 0.0871. The molecule has 2 aromatic rings. The second-order valence-electron chi connectivity index (χ2n) is 10.9. The minimum absolute atomic E-state index is 0. The molecule has 9 nitrogen and oxygen atoms in total. The molecule has 0 bridgehead atoms. The average molecular weight is 621 g/mol. The minimum Gasteiger partial charge on any atom is -0.494 e. The van der Waals surface area contributed by atoms with Crippen molar-refractivity contribution in [3.63, 3.8) is 0 Å². The van der Waals surface area contributed by atoms with E-state index >= 15 is 0 Å². The Balaban J connectivity index is 0.00000924. The zero-order valence-electron chi connectivity index (χ0n) is 26.9. The predicted octanol–water partition coefficient (Wildman–Crippen LogP) is 7.08. The van der Waals surface area contributed by atoms with Crippen LogP contribution in [0.5, 0.6) is 17.2 Å². The smallest absolute Gasteiger partial charge is 0.349 e. The van der Waals surface area contributed by atoms with Gasteiger partial charge in [-0.05, 0) is 111 Å². The molecule has 2 rings (SSSR count). The second kappa shape index (κ2) is 18.3. The molecule has 1 N–H and O–H groups in total. The maximum atomic E-state index is 13.5. The van der Waals surface area contributed by atoms with Gasteiger partial charge >= 0.3 is 5.97 Å². The molecule has 2 aromatic carbocycles. The number of ether oxygens (including phenoxy) is 5. The Labute approximate surface area is 263 Å². The second-order valence-corrected chi connectivity index (χ2v) is 10.9. The summed E-state index contributed by atoms with van der Waals surface area (Å²) in [5, 5.41) is 7.84. The molecule has 0 saturated heterocycles. The Kier molecular flexibility index (Phi) is 16.0. The Hall–Kier alpha value is -3.46. The summed E-state index contributed by atoms with van der Waals surface area (Å²) in [6, 6.07) is 12.4. The maximum absolute atomic E-state index is 13.5. The van der Waals surface area contributed by atoms with Crippen molar-refractivity contribution in [3.05, 3.63) is 53.6 Å². The van der Waals surface area contributed by atoms with Crippen LogP contribution in [-0.2, 0) is 14.3 Å². The number of amides is 1. The van der Waals surface area contributed by atoms with Crippen LogP contribution in [0.2, 0.25) is 0 Å². The van der Waals surface area contributed by atoms with Gasteiger partial charge in [-0.25, -0.2) is 4.79 Å². The largest absolute Gasteiger partial charge is 0.494 e. The van der Waals surface area contributed by atoms with Crippen molar-refractivity contribution < 1.29 is 33.3 Å². The SMILES string of the molecule is CCOC(=N)c1ccc(OCCCCCOc2ccc(C(=O)N(C(C)C)C(C)C)c(OC(C)(C)C(=O)OCC)c2)cc1.Cl. The molecule has 0 unspecified atom stereocenters. The first-order chi connectivity index (χ1) is 19.9. The standard InChI is InChI=1S/C33H48N2O7.ClH/c1-9-38-30(34)25-14-16-26(17-15-25)40-20-12-11-13-21-41-27-18-19-28(31(36)35(23(3)4)24(5)6)29(22-27)42-33(7,8)32(37)39-10-2;/h14-19,22-24,34H,9-13,20-21H2,1-8H3;1H. The van der Waals surface area contributed by atoms with E-state index in [-0.39, 0.29) is 48.7 Å². The van der Waals surface area contributed by atoms with Crippen LogP contribution >= 0.6 is 12.4 Å². The van der Waals surface area contributed by atoms with E-state index in [4.69, 9.17) is 29.1 Å². The fourth-order valence-corrected chi connectivity index (χ4v) is 4.37. The van der Waals surface area contributed by atoms with E-state index in [1.807, 2.05) is 58.9 Å². The number of carbonyl (C=O) groups excluding carboxylic acids is 2. The summed E-state index contributed by atoms with van der Waals surface area (Å²) in [5.74, 6) is 1.04. The fraction of sp³-hybridized carbons (Fsp3) is 0.545. The summed E-state index contributed by atoms with van der Waals surface area (Å²) in [6.07, 6.45) is 2.57. The number of hydrogen-bond acceptors (Lipinski definition) is 8. The summed E-state index contributed by atoms with van der Waals surface area (Å²) < 4.78 is 28.3. The van der Waals surface area contributed by atoms with Crippen molar-refractivity contribution in [1.29, 1.82) is 5.41 Å². The number of esters is 1. The third kappa shape index (κ3) is 11.6. The first-order valence-corrected chi connectivity index (χ1v) is 14.8. The topological polar surface area (TPSA) is 107 Å². The molecule has 0 aliphatic rings. The lowest BCUT2D eigenvalue weighted by Crippen LogP contribution is -2.43. The first-order valence-electron chi connectivity index (χ1n) is 14.8. The van der Waals surface area contributed by atoms with Crippen LogP contribution in [0.25, 0.3) is 0 Å². The Morgan fingerprint density at radius 3 is 1.88 bits per heavy atom. The number of halogens is 1. The molecule has 0 atom stereocenters. The lowest BCUT2D eigenvalue weighted by atomic mass is 10.1. The van der Waals surface area contributed by atoms with Crippen LogP contribution in [0, 0.1) is 5.41 Å². The highest BCUT2D eigenvalue weighted by atomic mass is 35.5. The maximum Gasteiger partial charge on any atom is 0.349 e. The zero-order valence-corrected chi connectivity index (χ0v) is 27.7. The Morgan fingerprint density at radius 1 is 0.814 bits per heavy atom. The third-order valence-corrected chi connectivity index (χ3v) is 6.39. The van der Waals surface area contributed by atoms with Crippen molar-refractivity contribution >= 4 is 30.2 Å². The highest BCUT2D eigenvalue weighted by molar-refractivity contribution is 5.97. The Morgan fingerprint density at radius 2 is 1.35 bits per heavy atom. The molecule has 0 spiro atoms.